The first-order chi connectivity index (χ1) is 25.3. The number of benzene rings is 9. The van der Waals surface area contributed by atoms with Gasteiger partial charge in [0.25, 0.3) is 0 Å². The van der Waals surface area contributed by atoms with Crippen molar-refractivity contribution >= 4 is 117 Å². The molecule has 3 heterocycles. The molecule has 0 amide bonds. The predicted octanol–water partition coefficient (Wildman–Crippen LogP) is 15.1. The first kappa shape index (κ1) is 27.8. The molecule has 0 saturated carbocycles. The third-order valence-electron chi connectivity index (χ3n) is 10.9. The van der Waals surface area contributed by atoms with E-state index in [4.69, 9.17) is 4.42 Å². The Kier molecular flexibility index (Phi) is 5.59. The minimum atomic E-state index is 0.937. The Labute approximate surface area is 300 Å². The van der Waals surface area contributed by atoms with Crippen molar-refractivity contribution in [3.8, 4) is 22.3 Å². The number of thiophene rings is 2. The molecule has 12 rings (SSSR count). The van der Waals surface area contributed by atoms with Gasteiger partial charge in [-0.05, 0) is 92.3 Å². The average molecular weight is 683 g/mol. The minimum absolute atomic E-state index is 0.937. The lowest BCUT2D eigenvalue weighted by Gasteiger charge is -2.18. The third-order valence-corrected chi connectivity index (χ3v) is 13.2. The molecular weight excluding hydrogens is 657 g/mol. The van der Waals surface area contributed by atoms with E-state index in [0.717, 1.165) is 11.2 Å². The van der Waals surface area contributed by atoms with Crippen LogP contribution < -0.4 is 0 Å². The Morgan fingerprint density at radius 2 is 0.765 bits per heavy atom. The third kappa shape index (κ3) is 3.85. The van der Waals surface area contributed by atoms with Crippen LogP contribution in [0.4, 0.5) is 0 Å². The second kappa shape index (κ2) is 10.3. The Balaban J connectivity index is 1.10. The van der Waals surface area contributed by atoms with Crippen LogP contribution in [0.1, 0.15) is 0 Å². The van der Waals surface area contributed by atoms with E-state index in [2.05, 4.69) is 152 Å². The van der Waals surface area contributed by atoms with Gasteiger partial charge in [0.05, 0.1) is 0 Å². The summed E-state index contributed by atoms with van der Waals surface area (Å²) < 4.78 is 11.7. The quantitative estimate of drug-likeness (QED) is 0.165. The van der Waals surface area contributed by atoms with E-state index in [0.29, 0.717) is 0 Å². The van der Waals surface area contributed by atoms with Gasteiger partial charge in [0.15, 0.2) is 0 Å². The van der Waals surface area contributed by atoms with E-state index >= 15 is 0 Å². The van der Waals surface area contributed by atoms with Gasteiger partial charge in [0, 0.05) is 61.9 Å². The highest BCUT2D eigenvalue weighted by Crippen LogP contribution is 2.48. The number of hydrogen-bond acceptors (Lipinski definition) is 3. The maximum Gasteiger partial charge on any atom is 0.143 e. The maximum absolute atomic E-state index is 6.43. The summed E-state index contributed by atoms with van der Waals surface area (Å²) in [4.78, 5) is 0. The molecule has 3 heteroatoms. The van der Waals surface area contributed by atoms with Gasteiger partial charge in [-0.1, -0.05) is 109 Å². The van der Waals surface area contributed by atoms with E-state index < -0.39 is 0 Å². The highest BCUT2D eigenvalue weighted by molar-refractivity contribution is 7.26. The van der Waals surface area contributed by atoms with Gasteiger partial charge >= 0.3 is 0 Å². The summed E-state index contributed by atoms with van der Waals surface area (Å²) in [5.74, 6) is 0. The molecule has 0 bridgehead atoms. The molecule has 0 fully saturated rings. The molecule has 0 N–H and O–H groups in total. The Hall–Kier alpha value is -6.00. The van der Waals surface area contributed by atoms with Crippen LogP contribution >= 0.6 is 22.7 Å². The summed E-state index contributed by atoms with van der Waals surface area (Å²) in [7, 11) is 0. The normalized spacial score (nSPS) is 12.3. The minimum Gasteiger partial charge on any atom is -0.455 e. The lowest BCUT2D eigenvalue weighted by Crippen LogP contribution is -1.90. The van der Waals surface area contributed by atoms with Gasteiger partial charge in [-0.3, -0.25) is 0 Å². The van der Waals surface area contributed by atoms with Gasteiger partial charge in [-0.15, -0.1) is 22.7 Å². The van der Waals surface area contributed by atoms with Crippen LogP contribution in [0.25, 0.3) is 117 Å². The summed E-state index contributed by atoms with van der Waals surface area (Å²) in [6.45, 7) is 0. The van der Waals surface area contributed by atoms with E-state index in [1.54, 1.807) is 0 Å². The molecule has 0 spiro atoms. The smallest absolute Gasteiger partial charge is 0.143 e. The zero-order valence-electron chi connectivity index (χ0n) is 27.2. The van der Waals surface area contributed by atoms with Crippen molar-refractivity contribution in [3.05, 3.63) is 158 Å². The van der Waals surface area contributed by atoms with E-state index in [1.165, 1.54) is 106 Å². The monoisotopic (exact) mass is 682 g/mol. The van der Waals surface area contributed by atoms with Crippen LogP contribution in [-0.4, -0.2) is 0 Å². The first-order valence-electron chi connectivity index (χ1n) is 17.3. The summed E-state index contributed by atoms with van der Waals surface area (Å²) in [6, 6.07) is 58.3. The SMILES string of the molecule is c1ccc2c(c1)oc1c2ccc2c1ccc1c3cc(-c4c5ccccc5c(-c5ccc6sc7ccccc7c6c5)c5ccccc45)ccc3sc12. The Morgan fingerprint density at radius 3 is 1.41 bits per heavy atom. The van der Waals surface area contributed by atoms with Gasteiger partial charge in [-0.25, -0.2) is 0 Å². The van der Waals surface area contributed by atoms with Crippen LogP contribution in [0.2, 0.25) is 0 Å². The molecule has 12 aromatic rings. The molecule has 0 aliphatic carbocycles. The maximum atomic E-state index is 6.43. The molecule has 0 aliphatic heterocycles. The lowest BCUT2D eigenvalue weighted by molar-refractivity contribution is 0.672. The fraction of sp³-hybridized carbons (Fsp3) is 0. The molecule has 0 aliphatic rings. The van der Waals surface area contributed by atoms with Crippen molar-refractivity contribution in [2.75, 3.05) is 0 Å². The van der Waals surface area contributed by atoms with Crippen molar-refractivity contribution in [2.45, 2.75) is 0 Å². The largest absolute Gasteiger partial charge is 0.455 e. The number of para-hydroxylation sites is 1. The number of fused-ring (bicyclic) bond motifs is 14. The fourth-order valence-electron chi connectivity index (χ4n) is 8.61. The highest BCUT2D eigenvalue weighted by atomic mass is 32.1. The lowest BCUT2D eigenvalue weighted by atomic mass is 9.85. The van der Waals surface area contributed by atoms with Crippen LogP contribution in [-0.2, 0) is 0 Å². The molecule has 9 aromatic carbocycles. The van der Waals surface area contributed by atoms with E-state index in [1.807, 2.05) is 28.7 Å². The number of furan rings is 1. The van der Waals surface area contributed by atoms with Gasteiger partial charge in [0.2, 0.25) is 0 Å². The highest BCUT2D eigenvalue weighted by Gasteiger charge is 2.19. The molecule has 1 nitrogen and oxygen atoms in total. The number of rotatable bonds is 2. The van der Waals surface area contributed by atoms with Crippen molar-refractivity contribution in [1.29, 1.82) is 0 Å². The van der Waals surface area contributed by atoms with Gasteiger partial charge < -0.3 is 4.42 Å². The summed E-state index contributed by atoms with van der Waals surface area (Å²) in [5.41, 5.74) is 7.00. The zero-order valence-corrected chi connectivity index (χ0v) is 28.9. The topological polar surface area (TPSA) is 13.1 Å². The molecule has 0 atom stereocenters. The molecule has 51 heavy (non-hydrogen) atoms. The Bertz CT molecular complexity index is 3370. The van der Waals surface area contributed by atoms with Crippen molar-refractivity contribution in [1.82, 2.24) is 0 Å². The van der Waals surface area contributed by atoms with E-state index in [9.17, 15) is 0 Å². The summed E-state index contributed by atoms with van der Waals surface area (Å²) >= 11 is 3.75. The Morgan fingerprint density at radius 1 is 0.314 bits per heavy atom. The molecule has 3 aromatic heterocycles. The predicted molar refractivity (Wildman–Crippen MR) is 223 cm³/mol. The fourth-order valence-corrected chi connectivity index (χ4v) is 10.9. The van der Waals surface area contributed by atoms with Crippen molar-refractivity contribution in [3.63, 3.8) is 0 Å². The summed E-state index contributed by atoms with van der Waals surface area (Å²) in [6.07, 6.45) is 0. The van der Waals surface area contributed by atoms with Crippen LogP contribution in [0.5, 0.6) is 0 Å². The van der Waals surface area contributed by atoms with E-state index in [-0.39, 0.29) is 0 Å². The standard InChI is InChI=1S/C48H26OS2/c1-3-13-33-31(11-1)45(27-17-23-43-39(25-27)30-10-6-8-16-42(30)50-43)32-12-2-4-14-34(32)46(33)28-18-24-44-40(26-28)38-22-20-36-37(48(38)51-44)21-19-35-29-9-5-7-15-41(29)49-47(35)36/h1-26H. The van der Waals surface area contributed by atoms with Gasteiger partial charge in [0.1, 0.15) is 11.2 Å². The number of hydrogen-bond donors (Lipinski definition) is 0. The second-order valence-electron chi connectivity index (χ2n) is 13.5. The summed E-state index contributed by atoms with van der Waals surface area (Å²) in [5, 5.41) is 15.1. The molecular formula is C48H26OS2. The van der Waals surface area contributed by atoms with Crippen LogP contribution in [0, 0.1) is 0 Å². The second-order valence-corrected chi connectivity index (χ2v) is 15.7. The average Bonchev–Trinajstić information content (AvgIpc) is 3.88. The zero-order chi connectivity index (χ0) is 33.2. The van der Waals surface area contributed by atoms with Crippen molar-refractivity contribution < 1.29 is 4.42 Å². The molecule has 0 unspecified atom stereocenters. The molecule has 236 valence electrons. The van der Waals surface area contributed by atoms with Crippen LogP contribution in [0.3, 0.4) is 0 Å². The first-order valence-corrected chi connectivity index (χ1v) is 19.0. The van der Waals surface area contributed by atoms with Gasteiger partial charge in [-0.2, -0.15) is 0 Å². The van der Waals surface area contributed by atoms with Crippen LogP contribution in [0.15, 0.2) is 162 Å². The molecule has 0 radical (unpaired) electrons. The molecule has 0 saturated heterocycles. The van der Waals surface area contributed by atoms with Crippen molar-refractivity contribution in [2.24, 2.45) is 0 Å².